The maximum atomic E-state index is 11.7. The molecule has 0 aromatic rings. The van der Waals surface area contributed by atoms with Crippen molar-refractivity contribution in [3.63, 3.8) is 0 Å². The van der Waals surface area contributed by atoms with E-state index in [0.29, 0.717) is 24.8 Å². The molecule has 4 atom stereocenters. The third-order valence-corrected chi connectivity index (χ3v) is 3.99. The van der Waals surface area contributed by atoms with Crippen LogP contribution in [0, 0.1) is 5.92 Å². The van der Waals surface area contributed by atoms with Crippen molar-refractivity contribution >= 4 is 5.97 Å². The SMILES string of the molecule is C=C1C(=O)O[C@H]2CC(=C)[C@@H](OO)CC/C(C)=C/[C@@H](O)[C@H]12. The summed E-state index contributed by atoms with van der Waals surface area (Å²) in [7, 11) is 0. The summed E-state index contributed by atoms with van der Waals surface area (Å²) in [5.41, 5.74) is 1.88. The number of fused-ring (bicyclic) bond motifs is 1. The maximum Gasteiger partial charge on any atom is 0.334 e. The van der Waals surface area contributed by atoms with E-state index in [0.717, 1.165) is 5.57 Å². The molecule has 1 heterocycles. The molecule has 0 saturated carbocycles. The first kappa shape index (κ1) is 15.0. The van der Waals surface area contributed by atoms with Gasteiger partial charge in [-0.1, -0.05) is 24.8 Å². The molecule has 0 amide bonds. The molecular formula is C15H20O5. The molecule has 0 spiro atoms. The van der Waals surface area contributed by atoms with E-state index in [1.807, 2.05) is 6.92 Å². The first-order valence-corrected chi connectivity index (χ1v) is 6.67. The summed E-state index contributed by atoms with van der Waals surface area (Å²) in [6, 6.07) is 0. The summed E-state index contributed by atoms with van der Waals surface area (Å²) in [5, 5.41) is 19.3. The van der Waals surface area contributed by atoms with Gasteiger partial charge in [0.25, 0.3) is 0 Å². The Morgan fingerprint density at radius 3 is 2.80 bits per heavy atom. The highest BCUT2D eigenvalue weighted by atomic mass is 17.1. The van der Waals surface area contributed by atoms with Gasteiger partial charge in [0.15, 0.2) is 0 Å². The molecule has 1 aliphatic heterocycles. The lowest BCUT2D eigenvalue weighted by atomic mass is 9.84. The second kappa shape index (κ2) is 5.91. The van der Waals surface area contributed by atoms with E-state index in [4.69, 9.17) is 9.99 Å². The molecule has 0 unspecified atom stereocenters. The fourth-order valence-corrected chi connectivity index (χ4v) is 2.80. The smallest absolute Gasteiger partial charge is 0.334 e. The van der Waals surface area contributed by atoms with Crippen LogP contribution in [0.2, 0.25) is 0 Å². The molecule has 1 saturated heterocycles. The van der Waals surface area contributed by atoms with Crippen LogP contribution in [0.4, 0.5) is 0 Å². The van der Waals surface area contributed by atoms with Gasteiger partial charge in [-0.2, -0.15) is 0 Å². The van der Waals surface area contributed by atoms with Gasteiger partial charge in [-0.3, -0.25) is 5.26 Å². The Bertz CT molecular complexity index is 465. The van der Waals surface area contributed by atoms with E-state index in [1.165, 1.54) is 0 Å². The van der Waals surface area contributed by atoms with Gasteiger partial charge >= 0.3 is 5.97 Å². The molecule has 0 bridgehead atoms. The van der Waals surface area contributed by atoms with Crippen molar-refractivity contribution in [2.45, 2.75) is 44.5 Å². The first-order chi connectivity index (χ1) is 9.43. The number of ether oxygens (including phenoxy) is 1. The normalized spacial score (nSPS) is 38.0. The lowest BCUT2D eigenvalue weighted by molar-refractivity contribution is -0.270. The molecule has 0 aromatic carbocycles. The van der Waals surface area contributed by atoms with Crippen molar-refractivity contribution in [1.29, 1.82) is 0 Å². The summed E-state index contributed by atoms with van der Waals surface area (Å²) >= 11 is 0. The summed E-state index contributed by atoms with van der Waals surface area (Å²) < 4.78 is 5.25. The summed E-state index contributed by atoms with van der Waals surface area (Å²) in [4.78, 5) is 16.1. The predicted molar refractivity (Wildman–Crippen MR) is 72.8 cm³/mol. The van der Waals surface area contributed by atoms with Crippen LogP contribution in [0.5, 0.6) is 0 Å². The zero-order valence-electron chi connectivity index (χ0n) is 11.5. The highest BCUT2D eigenvalue weighted by molar-refractivity contribution is 5.91. The van der Waals surface area contributed by atoms with Crippen LogP contribution in [-0.2, 0) is 14.4 Å². The van der Waals surface area contributed by atoms with E-state index in [1.54, 1.807) is 6.08 Å². The van der Waals surface area contributed by atoms with Gasteiger partial charge in [-0.25, -0.2) is 9.68 Å². The van der Waals surface area contributed by atoms with Gasteiger partial charge in [0.05, 0.1) is 12.0 Å². The summed E-state index contributed by atoms with van der Waals surface area (Å²) in [6.07, 6.45) is 1.46. The number of aliphatic hydroxyl groups is 1. The predicted octanol–water partition coefficient (Wildman–Crippen LogP) is 1.99. The van der Waals surface area contributed by atoms with Gasteiger partial charge < -0.3 is 9.84 Å². The molecule has 1 fully saturated rings. The van der Waals surface area contributed by atoms with Crippen LogP contribution in [0.25, 0.3) is 0 Å². The molecule has 0 radical (unpaired) electrons. The minimum absolute atomic E-state index is 0.279. The number of hydrogen-bond acceptors (Lipinski definition) is 5. The number of allylic oxidation sites excluding steroid dienone is 1. The lowest BCUT2D eigenvalue weighted by Crippen LogP contribution is -2.31. The molecule has 5 nitrogen and oxygen atoms in total. The van der Waals surface area contributed by atoms with Crippen molar-refractivity contribution in [2.24, 2.45) is 5.92 Å². The Morgan fingerprint density at radius 1 is 1.45 bits per heavy atom. The zero-order chi connectivity index (χ0) is 14.9. The highest BCUT2D eigenvalue weighted by Gasteiger charge is 2.43. The van der Waals surface area contributed by atoms with Crippen LogP contribution in [0.15, 0.2) is 36.0 Å². The van der Waals surface area contributed by atoms with Gasteiger partial charge in [0.2, 0.25) is 0 Å². The molecule has 2 aliphatic rings. The molecule has 5 heteroatoms. The van der Waals surface area contributed by atoms with Crippen molar-refractivity contribution < 1.29 is 24.8 Å². The molecule has 20 heavy (non-hydrogen) atoms. The highest BCUT2D eigenvalue weighted by Crippen LogP contribution is 2.36. The van der Waals surface area contributed by atoms with Crippen LogP contribution in [-0.4, -0.2) is 34.6 Å². The minimum Gasteiger partial charge on any atom is -0.458 e. The molecule has 2 rings (SSSR count). The van der Waals surface area contributed by atoms with Gasteiger partial charge in [0.1, 0.15) is 12.2 Å². The molecular weight excluding hydrogens is 260 g/mol. The van der Waals surface area contributed by atoms with Gasteiger partial charge in [-0.05, 0) is 25.3 Å². The fourth-order valence-electron chi connectivity index (χ4n) is 2.80. The van der Waals surface area contributed by atoms with Gasteiger partial charge in [0, 0.05) is 12.0 Å². The van der Waals surface area contributed by atoms with Crippen LogP contribution < -0.4 is 0 Å². The van der Waals surface area contributed by atoms with Crippen molar-refractivity contribution in [3.05, 3.63) is 36.0 Å². The molecule has 1 aliphatic carbocycles. The molecule has 0 aromatic heterocycles. The summed E-state index contributed by atoms with van der Waals surface area (Å²) in [6.45, 7) is 9.49. The number of carbonyl (C=O) groups excluding carboxylic acids is 1. The number of hydrogen-bond donors (Lipinski definition) is 2. The Balaban J connectivity index is 2.32. The largest absolute Gasteiger partial charge is 0.458 e. The molecule has 2 N–H and O–H groups in total. The Kier molecular flexibility index (Phi) is 4.42. The second-order valence-corrected chi connectivity index (χ2v) is 5.49. The van der Waals surface area contributed by atoms with E-state index in [-0.39, 0.29) is 5.57 Å². The Labute approximate surface area is 118 Å². The second-order valence-electron chi connectivity index (χ2n) is 5.49. The number of rotatable bonds is 1. The number of aliphatic hydroxyl groups excluding tert-OH is 1. The van der Waals surface area contributed by atoms with Crippen molar-refractivity contribution in [3.8, 4) is 0 Å². The van der Waals surface area contributed by atoms with E-state index in [2.05, 4.69) is 18.0 Å². The third kappa shape index (κ3) is 2.85. The van der Waals surface area contributed by atoms with Crippen LogP contribution >= 0.6 is 0 Å². The van der Waals surface area contributed by atoms with Gasteiger partial charge in [-0.15, -0.1) is 0 Å². The summed E-state index contributed by atoms with van der Waals surface area (Å²) in [5.74, 6) is -0.967. The van der Waals surface area contributed by atoms with Crippen LogP contribution in [0.1, 0.15) is 26.2 Å². The fraction of sp³-hybridized carbons (Fsp3) is 0.533. The average molecular weight is 280 g/mol. The zero-order valence-corrected chi connectivity index (χ0v) is 11.5. The minimum atomic E-state index is -0.807. The lowest BCUT2D eigenvalue weighted by Gasteiger charge is -2.26. The van der Waals surface area contributed by atoms with E-state index in [9.17, 15) is 9.90 Å². The quantitative estimate of drug-likeness (QED) is 0.252. The first-order valence-electron chi connectivity index (χ1n) is 6.67. The Morgan fingerprint density at radius 2 is 2.15 bits per heavy atom. The maximum absolute atomic E-state index is 11.7. The van der Waals surface area contributed by atoms with Crippen LogP contribution in [0.3, 0.4) is 0 Å². The standard InChI is InChI=1S/C15H20O5/c1-8-4-5-12(20-18)9(2)7-13-14(11(16)6-8)10(3)15(17)19-13/h6,11-14,16,18H,2-5,7H2,1H3/b8-6+/t11-,12+,13+,14+/m1/s1. The number of esters is 1. The van der Waals surface area contributed by atoms with Crippen molar-refractivity contribution in [2.75, 3.05) is 0 Å². The number of carbonyl (C=O) groups is 1. The molecule has 110 valence electrons. The third-order valence-electron chi connectivity index (χ3n) is 3.99. The van der Waals surface area contributed by atoms with E-state index >= 15 is 0 Å². The topological polar surface area (TPSA) is 76.0 Å². The average Bonchev–Trinajstić information content (AvgIpc) is 2.64. The Hall–Kier alpha value is -1.43. The van der Waals surface area contributed by atoms with E-state index < -0.39 is 30.2 Å². The monoisotopic (exact) mass is 280 g/mol. The van der Waals surface area contributed by atoms with Crippen molar-refractivity contribution in [1.82, 2.24) is 0 Å².